The first-order valence-corrected chi connectivity index (χ1v) is 20.0. The summed E-state index contributed by atoms with van der Waals surface area (Å²) in [6.45, 7) is 1.06. The van der Waals surface area contributed by atoms with Crippen LogP contribution in [0, 0.1) is 0 Å². The molecule has 60 heavy (non-hydrogen) atoms. The second kappa shape index (κ2) is 21.4. The molecule has 1 aliphatic heterocycles. The maximum absolute atomic E-state index is 12.9. The van der Waals surface area contributed by atoms with Crippen LogP contribution in [0.4, 0.5) is 0 Å². The third-order valence-corrected chi connectivity index (χ3v) is 10.4. The Balaban J connectivity index is 1.21. The zero-order chi connectivity index (χ0) is 41.5. The summed E-state index contributed by atoms with van der Waals surface area (Å²) in [7, 11) is 4.61. The monoisotopic (exact) mass is 813 g/mol. The van der Waals surface area contributed by atoms with E-state index in [-0.39, 0.29) is 13.2 Å². The molecular formula is C48H51N3O9. The summed E-state index contributed by atoms with van der Waals surface area (Å²) in [6, 6.07) is 44.6. The third kappa shape index (κ3) is 11.0. The average molecular weight is 814 g/mol. The summed E-state index contributed by atoms with van der Waals surface area (Å²) in [5.74, 6) is 0.815. The quantitative estimate of drug-likeness (QED) is 0.0707. The second-order valence-corrected chi connectivity index (χ2v) is 14.4. The lowest BCUT2D eigenvalue weighted by molar-refractivity contribution is -0.275. The van der Waals surface area contributed by atoms with Gasteiger partial charge in [0.15, 0.2) is 6.04 Å². The molecule has 5 aromatic carbocycles. The lowest BCUT2D eigenvalue weighted by Gasteiger charge is -2.46. The molecule has 0 aliphatic carbocycles. The fraction of sp³-hybridized carbons (Fsp3) is 0.312. The van der Waals surface area contributed by atoms with E-state index in [4.69, 9.17) is 37.9 Å². The van der Waals surface area contributed by atoms with E-state index in [1.807, 2.05) is 140 Å². The van der Waals surface area contributed by atoms with Gasteiger partial charge in [-0.25, -0.2) is 9.48 Å². The molecule has 1 fully saturated rings. The van der Waals surface area contributed by atoms with Crippen LogP contribution in [0.5, 0.6) is 11.5 Å². The van der Waals surface area contributed by atoms with Gasteiger partial charge in [-0.05, 0) is 40.5 Å². The van der Waals surface area contributed by atoms with Crippen LogP contribution in [0.2, 0.25) is 0 Å². The molecule has 2 heterocycles. The highest BCUT2D eigenvalue weighted by atomic mass is 16.6. The molecule has 0 radical (unpaired) electrons. The molecule has 12 heteroatoms. The van der Waals surface area contributed by atoms with Crippen LogP contribution in [-0.4, -0.2) is 73.3 Å². The Morgan fingerprint density at radius 2 is 1.20 bits per heavy atom. The number of rotatable bonds is 20. The van der Waals surface area contributed by atoms with E-state index in [1.54, 1.807) is 20.4 Å². The minimum Gasteiger partial charge on any atom is -0.497 e. The summed E-state index contributed by atoms with van der Waals surface area (Å²) in [6.07, 6.45) is -1.26. The molecule has 6 atom stereocenters. The van der Waals surface area contributed by atoms with Crippen molar-refractivity contribution in [1.82, 2.24) is 15.0 Å². The van der Waals surface area contributed by atoms with Crippen LogP contribution in [0.1, 0.15) is 45.7 Å². The van der Waals surface area contributed by atoms with E-state index in [2.05, 4.69) is 10.3 Å². The minimum absolute atomic E-state index is 0.0844. The van der Waals surface area contributed by atoms with Crippen LogP contribution in [0.3, 0.4) is 0 Å². The van der Waals surface area contributed by atoms with Crippen molar-refractivity contribution in [2.75, 3.05) is 27.9 Å². The highest BCUT2D eigenvalue weighted by molar-refractivity contribution is 5.74. The van der Waals surface area contributed by atoms with E-state index in [0.717, 1.165) is 27.8 Å². The van der Waals surface area contributed by atoms with Gasteiger partial charge in [0.1, 0.15) is 47.7 Å². The first-order valence-electron chi connectivity index (χ1n) is 20.0. The number of hydrogen-bond acceptors (Lipinski definition) is 11. The molecule has 0 amide bonds. The van der Waals surface area contributed by atoms with Crippen molar-refractivity contribution >= 4 is 5.97 Å². The van der Waals surface area contributed by atoms with Crippen molar-refractivity contribution in [3.63, 3.8) is 0 Å². The van der Waals surface area contributed by atoms with Crippen LogP contribution in [-0.2, 0) is 66.1 Å². The maximum atomic E-state index is 12.9. The van der Waals surface area contributed by atoms with E-state index < -0.39 is 42.5 Å². The normalized spacial score (nSPS) is 19.4. The van der Waals surface area contributed by atoms with Crippen molar-refractivity contribution in [3.8, 4) is 11.5 Å². The summed E-state index contributed by atoms with van der Waals surface area (Å²) in [5.41, 5.74) is 5.20. The van der Waals surface area contributed by atoms with Crippen molar-refractivity contribution in [2.24, 2.45) is 0 Å². The minimum atomic E-state index is -0.704. The Morgan fingerprint density at radius 3 is 1.75 bits per heavy atom. The molecule has 0 unspecified atom stereocenters. The predicted molar refractivity (Wildman–Crippen MR) is 223 cm³/mol. The zero-order valence-electron chi connectivity index (χ0n) is 34.1. The Hall–Kier alpha value is -5.89. The van der Waals surface area contributed by atoms with Gasteiger partial charge in [-0.1, -0.05) is 127 Å². The van der Waals surface area contributed by atoms with Gasteiger partial charge in [-0.15, -0.1) is 5.10 Å². The second-order valence-electron chi connectivity index (χ2n) is 14.4. The molecule has 1 aliphatic rings. The summed E-state index contributed by atoms with van der Waals surface area (Å²) in [4.78, 5) is 12.9. The van der Waals surface area contributed by atoms with Crippen molar-refractivity contribution in [2.45, 2.75) is 69.4 Å². The number of hydrogen-bond donors (Lipinski definition) is 0. The number of benzene rings is 5. The van der Waals surface area contributed by atoms with Crippen molar-refractivity contribution in [1.29, 1.82) is 0 Å². The van der Waals surface area contributed by atoms with Gasteiger partial charge in [-0.3, -0.25) is 0 Å². The molecular weight excluding hydrogens is 763 g/mol. The van der Waals surface area contributed by atoms with Gasteiger partial charge in [0.2, 0.25) is 0 Å². The topological polar surface area (TPSA) is 122 Å². The van der Waals surface area contributed by atoms with Crippen LogP contribution in [0.25, 0.3) is 0 Å². The van der Waals surface area contributed by atoms with Gasteiger partial charge in [-0.2, -0.15) is 0 Å². The summed E-state index contributed by atoms with van der Waals surface area (Å²) >= 11 is 0. The van der Waals surface area contributed by atoms with Crippen LogP contribution < -0.4 is 9.47 Å². The molecule has 6 aromatic rings. The molecule has 1 saturated heterocycles. The highest BCUT2D eigenvalue weighted by Crippen LogP contribution is 2.42. The number of ether oxygens (including phenoxy) is 8. The Morgan fingerprint density at radius 1 is 0.650 bits per heavy atom. The zero-order valence-corrected chi connectivity index (χ0v) is 34.1. The molecule has 0 saturated carbocycles. The number of nitrogens with zero attached hydrogens (tertiary/aromatic N) is 3. The van der Waals surface area contributed by atoms with Gasteiger partial charge in [0, 0.05) is 12.0 Å². The first-order chi connectivity index (χ1) is 29.5. The number of methoxy groups -OCH3 is 3. The number of carbonyl (C=O) groups excluding carboxylic acids is 1. The summed E-state index contributed by atoms with van der Waals surface area (Å²) < 4.78 is 52.4. The van der Waals surface area contributed by atoms with Crippen LogP contribution in [0.15, 0.2) is 146 Å². The molecule has 0 bridgehead atoms. The Labute approximate surface area is 350 Å². The fourth-order valence-electron chi connectivity index (χ4n) is 7.30. The smallest absolute Gasteiger partial charge is 0.331 e. The van der Waals surface area contributed by atoms with Gasteiger partial charge < -0.3 is 37.9 Å². The van der Waals surface area contributed by atoms with Crippen LogP contribution >= 0.6 is 0 Å². The molecule has 7 rings (SSSR count). The Bertz CT molecular complexity index is 2190. The predicted octanol–water partition coefficient (Wildman–Crippen LogP) is 7.67. The average Bonchev–Trinajstić information content (AvgIpc) is 3.78. The number of aromatic nitrogens is 3. The number of esters is 1. The summed E-state index contributed by atoms with van der Waals surface area (Å²) in [5, 5.41) is 8.65. The third-order valence-electron chi connectivity index (χ3n) is 10.4. The molecule has 12 nitrogen and oxygen atoms in total. The number of carbonyl (C=O) groups is 1. The molecule has 0 N–H and O–H groups in total. The Kier molecular flexibility index (Phi) is 15.1. The molecule has 0 spiro atoms. The van der Waals surface area contributed by atoms with E-state index >= 15 is 0 Å². The van der Waals surface area contributed by atoms with Crippen molar-refractivity contribution in [3.05, 3.63) is 179 Å². The van der Waals surface area contributed by atoms with Crippen molar-refractivity contribution < 1.29 is 42.7 Å². The van der Waals surface area contributed by atoms with Gasteiger partial charge >= 0.3 is 5.97 Å². The SMILES string of the molecule is COC(=O)[C@H](Cc1ccccc1)n1cc(COC[C@H]2O[C@@H](c3cc(OC)ccc3OC)[C@H](OCc3ccccc3)[C@@H](OCc3ccccc3)[C@@H]2OCc2ccccc2)nn1. The molecule has 1 aromatic heterocycles. The van der Waals surface area contributed by atoms with E-state index in [0.29, 0.717) is 43.4 Å². The van der Waals surface area contributed by atoms with E-state index in [1.165, 1.54) is 11.8 Å². The lowest BCUT2D eigenvalue weighted by atomic mass is 9.89. The van der Waals surface area contributed by atoms with Gasteiger partial charge in [0.05, 0.1) is 60.6 Å². The van der Waals surface area contributed by atoms with Gasteiger partial charge in [0.25, 0.3) is 0 Å². The lowest BCUT2D eigenvalue weighted by Crippen LogP contribution is -2.58. The van der Waals surface area contributed by atoms with E-state index in [9.17, 15) is 4.79 Å². The molecule has 312 valence electrons. The first kappa shape index (κ1) is 42.2. The maximum Gasteiger partial charge on any atom is 0.331 e. The highest BCUT2D eigenvalue weighted by Gasteiger charge is 2.50. The largest absolute Gasteiger partial charge is 0.497 e. The fourth-order valence-corrected chi connectivity index (χ4v) is 7.30. The standard InChI is InChI=1S/C48H51N3O9/c1-53-39-24-25-42(54-2)40(27-39)44-46(58-30-36-20-12-6-13-21-36)47(59-31-37-22-14-7-15-23-37)45(57-29-35-18-10-5-11-19-35)43(60-44)33-56-32-38-28-51(50-49-38)41(48(52)55-3)26-34-16-8-4-9-17-34/h4-25,27-28,41,43-47H,26,29-33H2,1-3H3/t41-,43+,44-,45+,46-,47-/m0/s1.